The van der Waals surface area contributed by atoms with Gasteiger partial charge in [-0.15, -0.1) is 0 Å². The number of ether oxygens (including phenoxy) is 1. The maximum atomic E-state index is 5.94. The average molecular weight is 198 g/mol. The van der Waals surface area contributed by atoms with Gasteiger partial charge in [-0.05, 0) is 19.3 Å². The third-order valence-corrected chi connectivity index (χ3v) is 2.51. The summed E-state index contributed by atoms with van der Waals surface area (Å²) in [5, 5.41) is 0. The molecule has 3 nitrogen and oxygen atoms in total. The summed E-state index contributed by atoms with van der Waals surface area (Å²) < 4.78 is 5.38. The van der Waals surface area contributed by atoms with Crippen molar-refractivity contribution in [1.82, 2.24) is 0 Å². The molecule has 0 bridgehead atoms. The van der Waals surface area contributed by atoms with E-state index in [4.69, 9.17) is 10.5 Å². The Labute approximate surface area is 86.7 Å². The second kappa shape index (κ2) is 4.78. The summed E-state index contributed by atoms with van der Waals surface area (Å²) in [5.74, 6) is 0.768. The van der Waals surface area contributed by atoms with E-state index in [2.05, 4.69) is 25.8 Å². The highest BCUT2D eigenvalue weighted by Crippen LogP contribution is 2.17. The van der Waals surface area contributed by atoms with Crippen LogP contribution < -0.4 is 5.73 Å². The molecule has 1 fully saturated rings. The molecule has 1 heterocycles. The quantitative estimate of drug-likeness (QED) is 0.517. The standard InChI is InChI=1S/C11H22N2O/c1-11(2,3)10(12)13-9-5-4-7-14-8-6-9/h9H,4-8H2,1-3H3,(H2,12,13). The van der Waals surface area contributed by atoms with E-state index in [0.29, 0.717) is 6.04 Å². The molecule has 0 aliphatic carbocycles. The predicted octanol–water partition coefficient (Wildman–Crippen LogP) is 1.96. The van der Waals surface area contributed by atoms with Gasteiger partial charge in [0.25, 0.3) is 0 Å². The van der Waals surface area contributed by atoms with Crippen molar-refractivity contribution in [1.29, 1.82) is 0 Å². The van der Waals surface area contributed by atoms with E-state index < -0.39 is 0 Å². The van der Waals surface area contributed by atoms with Gasteiger partial charge in [-0.1, -0.05) is 20.8 Å². The molecule has 1 saturated heterocycles. The van der Waals surface area contributed by atoms with E-state index >= 15 is 0 Å². The van der Waals surface area contributed by atoms with E-state index in [1.807, 2.05) is 0 Å². The molecule has 1 atom stereocenters. The van der Waals surface area contributed by atoms with E-state index in [1.165, 1.54) is 0 Å². The molecule has 0 radical (unpaired) electrons. The van der Waals surface area contributed by atoms with Crippen LogP contribution in [0.15, 0.2) is 4.99 Å². The topological polar surface area (TPSA) is 47.6 Å². The summed E-state index contributed by atoms with van der Waals surface area (Å²) in [5.41, 5.74) is 5.93. The van der Waals surface area contributed by atoms with E-state index in [-0.39, 0.29) is 5.41 Å². The number of nitrogens with two attached hydrogens (primary N) is 1. The molecule has 1 aliphatic rings. The van der Waals surface area contributed by atoms with Crippen LogP contribution in [0.25, 0.3) is 0 Å². The molecule has 0 aromatic heterocycles. The van der Waals surface area contributed by atoms with Crippen LogP contribution in [0.4, 0.5) is 0 Å². The number of nitrogens with zero attached hydrogens (tertiary/aromatic N) is 1. The smallest absolute Gasteiger partial charge is 0.0994 e. The van der Waals surface area contributed by atoms with Crippen molar-refractivity contribution in [2.45, 2.75) is 46.1 Å². The minimum Gasteiger partial charge on any atom is -0.387 e. The lowest BCUT2D eigenvalue weighted by molar-refractivity contribution is 0.143. The lowest BCUT2D eigenvalue weighted by Gasteiger charge is -2.20. The van der Waals surface area contributed by atoms with Crippen LogP contribution in [-0.2, 0) is 4.74 Å². The van der Waals surface area contributed by atoms with Gasteiger partial charge in [-0.2, -0.15) is 0 Å². The molecule has 0 amide bonds. The molecule has 14 heavy (non-hydrogen) atoms. The lowest BCUT2D eigenvalue weighted by atomic mass is 9.95. The molecule has 0 spiro atoms. The van der Waals surface area contributed by atoms with Crippen molar-refractivity contribution < 1.29 is 4.74 Å². The Morgan fingerprint density at radius 2 is 2.00 bits per heavy atom. The van der Waals surface area contributed by atoms with Gasteiger partial charge in [0.05, 0.1) is 11.9 Å². The first-order valence-electron chi connectivity index (χ1n) is 5.41. The highest BCUT2D eigenvalue weighted by molar-refractivity contribution is 5.85. The minimum atomic E-state index is -0.00678. The maximum Gasteiger partial charge on any atom is 0.0994 e. The van der Waals surface area contributed by atoms with Crippen LogP contribution in [0, 0.1) is 5.41 Å². The molecule has 1 aliphatic heterocycles. The first-order chi connectivity index (χ1) is 6.50. The van der Waals surface area contributed by atoms with Gasteiger partial charge in [-0.25, -0.2) is 0 Å². The molecule has 0 saturated carbocycles. The molecule has 3 heteroatoms. The summed E-state index contributed by atoms with van der Waals surface area (Å²) in [6, 6.07) is 0.372. The number of rotatable bonds is 1. The van der Waals surface area contributed by atoms with Crippen molar-refractivity contribution in [3.8, 4) is 0 Å². The Morgan fingerprint density at radius 1 is 1.29 bits per heavy atom. The first kappa shape index (κ1) is 11.5. The summed E-state index contributed by atoms with van der Waals surface area (Å²) in [4.78, 5) is 4.58. The van der Waals surface area contributed by atoms with Crippen molar-refractivity contribution in [2.75, 3.05) is 13.2 Å². The lowest BCUT2D eigenvalue weighted by Crippen LogP contribution is -2.30. The monoisotopic (exact) mass is 198 g/mol. The van der Waals surface area contributed by atoms with Crippen LogP contribution in [0.2, 0.25) is 0 Å². The number of hydrogen-bond acceptors (Lipinski definition) is 2. The van der Waals surface area contributed by atoms with Crippen LogP contribution in [0.3, 0.4) is 0 Å². The second-order valence-corrected chi connectivity index (χ2v) is 4.96. The van der Waals surface area contributed by atoms with Crippen LogP contribution in [0.1, 0.15) is 40.0 Å². The highest BCUT2D eigenvalue weighted by Gasteiger charge is 2.18. The second-order valence-electron chi connectivity index (χ2n) is 4.96. The summed E-state index contributed by atoms with van der Waals surface area (Å²) in [6.07, 6.45) is 3.22. The highest BCUT2D eigenvalue weighted by atomic mass is 16.5. The SMILES string of the molecule is CC(C)(C)C(N)=NC1CCCOCC1. The largest absolute Gasteiger partial charge is 0.387 e. The van der Waals surface area contributed by atoms with E-state index in [1.54, 1.807) is 0 Å². The molecular weight excluding hydrogens is 176 g/mol. The minimum absolute atomic E-state index is 0.00678. The first-order valence-corrected chi connectivity index (χ1v) is 5.41. The summed E-state index contributed by atoms with van der Waals surface area (Å²) in [7, 11) is 0. The molecule has 0 aromatic rings. The summed E-state index contributed by atoms with van der Waals surface area (Å²) in [6.45, 7) is 7.99. The van der Waals surface area contributed by atoms with Crippen LogP contribution >= 0.6 is 0 Å². The fraction of sp³-hybridized carbons (Fsp3) is 0.909. The molecule has 1 unspecified atom stereocenters. The van der Waals surface area contributed by atoms with Gasteiger partial charge in [0, 0.05) is 18.6 Å². The van der Waals surface area contributed by atoms with Gasteiger partial charge in [0.15, 0.2) is 0 Å². The van der Waals surface area contributed by atoms with Crippen LogP contribution in [-0.4, -0.2) is 25.1 Å². The van der Waals surface area contributed by atoms with E-state index in [0.717, 1.165) is 38.3 Å². The van der Waals surface area contributed by atoms with Gasteiger partial charge in [0.1, 0.15) is 0 Å². The van der Waals surface area contributed by atoms with Crippen molar-refractivity contribution in [3.05, 3.63) is 0 Å². The molecule has 1 rings (SSSR count). The Balaban J connectivity index is 2.55. The third kappa shape index (κ3) is 3.66. The zero-order valence-corrected chi connectivity index (χ0v) is 9.55. The Hall–Kier alpha value is -0.570. The van der Waals surface area contributed by atoms with Crippen molar-refractivity contribution in [2.24, 2.45) is 16.1 Å². The molecule has 2 N–H and O–H groups in total. The number of amidine groups is 1. The van der Waals surface area contributed by atoms with Crippen LogP contribution in [0.5, 0.6) is 0 Å². The zero-order valence-electron chi connectivity index (χ0n) is 9.55. The Bertz CT molecular complexity index is 198. The summed E-state index contributed by atoms with van der Waals surface area (Å²) >= 11 is 0. The number of aliphatic imine (C=N–C) groups is 1. The fourth-order valence-electron chi connectivity index (χ4n) is 1.41. The maximum absolute atomic E-state index is 5.94. The molecular formula is C11H22N2O. The van der Waals surface area contributed by atoms with Gasteiger partial charge < -0.3 is 10.5 Å². The number of hydrogen-bond donors (Lipinski definition) is 1. The average Bonchev–Trinajstić information content (AvgIpc) is 2.31. The van der Waals surface area contributed by atoms with Crippen molar-refractivity contribution in [3.63, 3.8) is 0 Å². The van der Waals surface area contributed by atoms with Gasteiger partial charge in [0.2, 0.25) is 0 Å². The zero-order chi connectivity index (χ0) is 10.6. The normalized spacial score (nSPS) is 25.9. The van der Waals surface area contributed by atoms with Gasteiger partial charge in [-0.3, -0.25) is 4.99 Å². The van der Waals surface area contributed by atoms with Gasteiger partial charge >= 0.3 is 0 Å². The Morgan fingerprint density at radius 3 is 2.64 bits per heavy atom. The molecule has 82 valence electrons. The Kier molecular flexibility index (Phi) is 3.93. The molecule has 0 aromatic carbocycles. The van der Waals surface area contributed by atoms with E-state index in [9.17, 15) is 0 Å². The van der Waals surface area contributed by atoms with Crippen molar-refractivity contribution >= 4 is 5.84 Å². The predicted molar refractivity (Wildman–Crippen MR) is 59.5 cm³/mol. The third-order valence-electron chi connectivity index (χ3n) is 2.51. The fourth-order valence-corrected chi connectivity index (χ4v) is 1.41.